The number of ketones is 1. The molecule has 0 aliphatic rings. The number of imidazole rings is 1. The summed E-state index contributed by atoms with van der Waals surface area (Å²) in [5, 5.41) is 9.51. The van der Waals surface area contributed by atoms with Crippen molar-refractivity contribution in [3.8, 4) is 5.75 Å². The molecular formula is C22H24F2N2O4. The molecule has 0 amide bonds. The fraction of sp³-hybridized carbons (Fsp3) is 0.364. The fourth-order valence-corrected chi connectivity index (χ4v) is 3.24. The first-order chi connectivity index (χ1) is 14.5. The number of nitrogens with zero attached hydrogens (tertiary/aromatic N) is 2. The summed E-state index contributed by atoms with van der Waals surface area (Å²) >= 11 is 0. The molecule has 30 heavy (non-hydrogen) atoms. The highest BCUT2D eigenvalue weighted by Crippen LogP contribution is 2.25. The maximum absolute atomic E-state index is 13.9. The molecule has 3 rings (SSSR count). The Hall–Kier alpha value is -2.84. The zero-order valence-corrected chi connectivity index (χ0v) is 16.9. The van der Waals surface area contributed by atoms with E-state index < -0.39 is 11.6 Å². The van der Waals surface area contributed by atoms with Crippen molar-refractivity contribution in [2.24, 2.45) is 5.92 Å². The van der Waals surface area contributed by atoms with Crippen LogP contribution >= 0.6 is 0 Å². The lowest BCUT2D eigenvalue weighted by molar-refractivity contribution is 0.0673. The van der Waals surface area contributed by atoms with E-state index in [1.807, 2.05) is 6.92 Å². The Morgan fingerprint density at radius 2 is 1.97 bits per heavy atom. The van der Waals surface area contributed by atoms with Gasteiger partial charge in [0.1, 0.15) is 23.9 Å². The van der Waals surface area contributed by atoms with E-state index in [0.29, 0.717) is 29.4 Å². The fourth-order valence-electron chi connectivity index (χ4n) is 3.24. The standard InChI is InChI=1S/C22H24F2N2O4/c1-3-29-12-15(11-27)10-19(28)21-14(2)25-22-20(8-5-9-26(21)22)30-13-16-17(23)6-4-7-18(16)24/h4-9,15,27H,3,10-13H2,1-2H3. The van der Waals surface area contributed by atoms with Crippen molar-refractivity contribution >= 4 is 11.4 Å². The van der Waals surface area contributed by atoms with Crippen LogP contribution in [0.1, 0.15) is 35.1 Å². The number of aliphatic hydroxyl groups is 1. The summed E-state index contributed by atoms with van der Waals surface area (Å²) in [6, 6.07) is 6.91. The zero-order chi connectivity index (χ0) is 21.7. The van der Waals surface area contributed by atoms with Crippen molar-refractivity contribution in [3.05, 3.63) is 65.1 Å². The number of hydrogen-bond acceptors (Lipinski definition) is 5. The van der Waals surface area contributed by atoms with Gasteiger partial charge in [-0.2, -0.15) is 0 Å². The quantitative estimate of drug-likeness (QED) is 0.508. The molecule has 2 aromatic heterocycles. The minimum Gasteiger partial charge on any atom is -0.485 e. The third-order valence-corrected chi connectivity index (χ3v) is 4.78. The monoisotopic (exact) mass is 418 g/mol. The third-order valence-electron chi connectivity index (χ3n) is 4.78. The molecule has 0 saturated carbocycles. The number of carbonyl (C=O) groups is 1. The molecule has 0 saturated heterocycles. The van der Waals surface area contributed by atoms with Crippen molar-refractivity contribution in [1.29, 1.82) is 0 Å². The Balaban J connectivity index is 1.85. The average molecular weight is 418 g/mol. The first kappa shape index (κ1) is 21.9. The number of hydrogen-bond donors (Lipinski definition) is 1. The van der Waals surface area contributed by atoms with Crippen molar-refractivity contribution in [3.63, 3.8) is 0 Å². The van der Waals surface area contributed by atoms with E-state index in [1.54, 1.807) is 29.7 Å². The second kappa shape index (κ2) is 9.77. The van der Waals surface area contributed by atoms with Crippen LogP contribution in [0.25, 0.3) is 5.65 Å². The van der Waals surface area contributed by atoms with Crippen LogP contribution < -0.4 is 4.74 Å². The summed E-state index contributed by atoms with van der Waals surface area (Å²) in [6.07, 6.45) is 1.78. The SMILES string of the molecule is CCOCC(CO)CC(=O)c1c(C)nc2c(OCc3c(F)cccc3F)cccn12. The number of halogens is 2. The minimum absolute atomic E-state index is 0.108. The Bertz CT molecular complexity index is 1020. The van der Waals surface area contributed by atoms with E-state index >= 15 is 0 Å². The second-order valence-electron chi connectivity index (χ2n) is 6.94. The molecule has 0 spiro atoms. The number of aryl methyl sites for hydroxylation is 1. The van der Waals surface area contributed by atoms with Gasteiger partial charge in [-0.05, 0) is 38.1 Å². The van der Waals surface area contributed by atoms with Crippen molar-refractivity contribution in [2.75, 3.05) is 19.8 Å². The Labute approximate surface area is 173 Å². The van der Waals surface area contributed by atoms with Crippen molar-refractivity contribution < 1.29 is 28.2 Å². The van der Waals surface area contributed by atoms with Gasteiger partial charge in [-0.1, -0.05) is 6.07 Å². The number of aliphatic hydroxyl groups excluding tert-OH is 1. The lowest BCUT2D eigenvalue weighted by Gasteiger charge is -2.13. The summed E-state index contributed by atoms with van der Waals surface area (Å²) in [4.78, 5) is 17.3. The molecule has 1 unspecified atom stereocenters. The highest BCUT2D eigenvalue weighted by Gasteiger charge is 2.22. The largest absolute Gasteiger partial charge is 0.485 e. The maximum atomic E-state index is 13.9. The van der Waals surface area contributed by atoms with Gasteiger partial charge in [0.2, 0.25) is 0 Å². The predicted molar refractivity (Wildman–Crippen MR) is 107 cm³/mol. The van der Waals surface area contributed by atoms with E-state index in [4.69, 9.17) is 9.47 Å². The molecule has 0 bridgehead atoms. The molecule has 1 atom stereocenters. The number of fused-ring (bicyclic) bond motifs is 1. The summed E-state index contributed by atoms with van der Waals surface area (Å²) in [6.45, 7) is 3.87. The Morgan fingerprint density at radius 1 is 1.23 bits per heavy atom. The molecule has 3 aromatic rings. The van der Waals surface area contributed by atoms with E-state index in [0.717, 1.165) is 0 Å². The maximum Gasteiger partial charge on any atom is 0.181 e. The second-order valence-corrected chi connectivity index (χ2v) is 6.94. The molecule has 0 aliphatic heterocycles. The van der Waals surface area contributed by atoms with Crippen LogP contribution in [0.2, 0.25) is 0 Å². The molecule has 0 fully saturated rings. The normalized spacial score (nSPS) is 12.3. The number of aromatic nitrogens is 2. The number of pyridine rings is 1. The van der Waals surface area contributed by atoms with Gasteiger partial charge in [0.05, 0.1) is 17.9 Å². The highest BCUT2D eigenvalue weighted by atomic mass is 19.1. The van der Waals surface area contributed by atoms with Crippen LogP contribution in [0.15, 0.2) is 36.5 Å². The number of rotatable bonds is 10. The molecule has 1 aromatic carbocycles. The Morgan fingerprint density at radius 3 is 2.63 bits per heavy atom. The van der Waals surface area contributed by atoms with Crippen LogP contribution in [0.5, 0.6) is 5.75 Å². The van der Waals surface area contributed by atoms with Crippen LogP contribution in [0, 0.1) is 24.5 Å². The van der Waals surface area contributed by atoms with E-state index in [9.17, 15) is 18.7 Å². The molecular weight excluding hydrogens is 394 g/mol. The van der Waals surface area contributed by atoms with E-state index in [-0.39, 0.29) is 43.5 Å². The molecule has 0 radical (unpaired) electrons. The van der Waals surface area contributed by atoms with Crippen LogP contribution in [0.4, 0.5) is 8.78 Å². The predicted octanol–water partition coefficient (Wildman–Crippen LogP) is 3.72. The summed E-state index contributed by atoms with van der Waals surface area (Å²) < 4.78 is 40.3. The van der Waals surface area contributed by atoms with Gasteiger partial charge in [0.25, 0.3) is 0 Å². The molecule has 0 aliphatic carbocycles. The van der Waals surface area contributed by atoms with Crippen LogP contribution in [-0.4, -0.2) is 40.1 Å². The van der Waals surface area contributed by atoms with Gasteiger partial charge in [0.15, 0.2) is 17.2 Å². The molecule has 160 valence electrons. The number of Topliss-reactive ketones (excluding diaryl/α,β-unsaturated/α-hetero) is 1. The molecule has 1 N–H and O–H groups in total. The number of carbonyl (C=O) groups excluding carboxylic acids is 1. The van der Waals surface area contributed by atoms with Crippen LogP contribution in [-0.2, 0) is 11.3 Å². The molecule has 8 heteroatoms. The Kier molecular flexibility index (Phi) is 7.12. The third kappa shape index (κ3) is 4.66. The van der Waals surface area contributed by atoms with Crippen molar-refractivity contribution in [2.45, 2.75) is 26.9 Å². The van der Waals surface area contributed by atoms with Gasteiger partial charge in [-0.25, -0.2) is 13.8 Å². The number of ether oxygens (including phenoxy) is 2. The van der Waals surface area contributed by atoms with E-state index in [2.05, 4.69) is 4.98 Å². The summed E-state index contributed by atoms with van der Waals surface area (Å²) in [5.41, 5.74) is 1.07. The lowest BCUT2D eigenvalue weighted by atomic mass is 10.0. The van der Waals surface area contributed by atoms with Crippen molar-refractivity contribution in [1.82, 2.24) is 9.38 Å². The first-order valence-electron chi connectivity index (χ1n) is 9.71. The molecule has 2 heterocycles. The number of benzene rings is 1. The zero-order valence-electron chi connectivity index (χ0n) is 16.9. The van der Waals surface area contributed by atoms with Gasteiger partial charge in [0, 0.05) is 31.7 Å². The molecule has 6 nitrogen and oxygen atoms in total. The summed E-state index contributed by atoms with van der Waals surface area (Å²) in [5.74, 6) is -1.58. The summed E-state index contributed by atoms with van der Waals surface area (Å²) in [7, 11) is 0. The highest BCUT2D eigenvalue weighted by molar-refractivity contribution is 5.96. The van der Waals surface area contributed by atoms with Crippen LogP contribution in [0.3, 0.4) is 0 Å². The average Bonchev–Trinajstić information content (AvgIpc) is 3.07. The van der Waals surface area contributed by atoms with Gasteiger partial charge in [-0.15, -0.1) is 0 Å². The van der Waals surface area contributed by atoms with Gasteiger partial charge < -0.3 is 14.6 Å². The smallest absolute Gasteiger partial charge is 0.181 e. The van der Waals surface area contributed by atoms with Gasteiger partial charge >= 0.3 is 0 Å². The topological polar surface area (TPSA) is 73.1 Å². The minimum atomic E-state index is -0.693. The van der Waals surface area contributed by atoms with E-state index in [1.165, 1.54) is 18.2 Å². The van der Waals surface area contributed by atoms with Gasteiger partial charge in [-0.3, -0.25) is 9.20 Å². The first-order valence-corrected chi connectivity index (χ1v) is 9.71. The lowest BCUT2D eigenvalue weighted by Crippen LogP contribution is -2.19.